The lowest BCUT2D eigenvalue weighted by molar-refractivity contribution is 0.122. The van der Waals surface area contributed by atoms with Gasteiger partial charge in [0.05, 0.1) is 24.9 Å². The maximum absolute atomic E-state index is 13.1. The number of rotatable bonds is 3. The largest absolute Gasteiger partial charge is 0.378 e. The summed E-state index contributed by atoms with van der Waals surface area (Å²) in [5.41, 5.74) is 4.52. The summed E-state index contributed by atoms with van der Waals surface area (Å²) in [6.45, 7) is 5.34. The van der Waals surface area contributed by atoms with Crippen molar-refractivity contribution in [1.82, 2.24) is 0 Å². The Balaban J connectivity index is 1.88. The molecule has 122 valence electrons. The number of nitrogens with zero attached hydrogens (tertiary/aromatic N) is 2. The number of aryl methyl sites for hydroxylation is 1. The number of nitriles is 1. The Hall–Kier alpha value is -2.64. The minimum Gasteiger partial charge on any atom is -0.378 e. The Labute approximate surface area is 141 Å². The summed E-state index contributed by atoms with van der Waals surface area (Å²) in [4.78, 5) is 2.30. The Morgan fingerprint density at radius 2 is 1.88 bits per heavy atom. The third-order valence-corrected chi connectivity index (χ3v) is 4.21. The van der Waals surface area contributed by atoms with Crippen molar-refractivity contribution in [3.05, 3.63) is 65.0 Å². The summed E-state index contributed by atoms with van der Waals surface area (Å²) in [5, 5.41) is 9.43. The first-order valence-corrected chi connectivity index (χ1v) is 7.98. The average Bonchev–Trinajstić information content (AvgIpc) is 2.62. The van der Waals surface area contributed by atoms with Crippen molar-refractivity contribution in [1.29, 1.82) is 5.26 Å². The number of hydrogen-bond donors (Lipinski definition) is 0. The second-order valence-corrected chi connectivity index (χ2v) is 5.82. The van der Waals surface area contributed by atoms with Crippen LogP contribution in [-0.4, -0.2) is 26.3 Å². The van der Waals surface area contributed by atoms with Gasteiger partial charge in [0.1, 0.15) is 5.82 Å². The van der Waals surface area contributed by atoms with Crippen molar-refractivity contribution in [3.8, 4) is 6.07 Å². The Morgan fingerprint density at radius 1 is 1.17 bits per heavy atom. The highest BCUT2D eigenvalue weighted by Crippen LogP contribution is 2.24. The fourth-order valence-corrected chi connectivity index (χ4v) is 2.81. The van der Waals surface area contributed by atoms with Gasteiger partial charge >= 0.3 is 0 Å². The van der Waals surface area contributed by atoms with Crippen LogP contribution in [0.15, 0.2) is 42.5 Å². The molecule has 4 heteroatoms. The number of hydrogen-bond acceptors (Lipinski definition) is 3. The lowest BCUT2D eigenvalue weighted by Crippen LogP contribution is -2.36. The minimum absolute atomic E-state index is 0.304. The molecule has 24 heavy (non-hydrogen) atoms. The molecule has 1 fully saturated rings. The molecule has 1 aliphatic heterocycles. The van der Waals surface area contributed by atoms with Crippen LogP contribution in [0.5, 0.6) is 0 Å². The van der Waals surface area contributed by atoms with Gasteiger partial charge in [0.2, 0.25) is 0 Å². The lowest BCUT2D eigenvalue weighted by atomic mass is 10.0. The van der Waals surface area contributed by atoms with Gasteiger partial charge in [-0.15, -0.1) is 0 Å². The zero-order valence-electron chi connectivity index (χ0n) is 13.6. The Kier molecular flexibility index (Phi) is 4.93. The SMILES string of the molecule is Cc1cc(N2CCOCC2)ccc1/C=C(/C#N)c1ccc(F)cc1. The molecule has 0 atom stereocenters. The number of allylic oxidation sites excluding steroid dienone is 1. The summed E-state index contributed by atoms with van der Waals surface area (Å²) in [6.07, 6.45) is 1.85. The molecule has 3 nitrogen and oxygen atoms in total. The van der Waals surface area contributed by atoms with E-state index in [9.17, 15) is 9.65 Å². The van der Waals surface area contributed by atoms with Gasteiger partial charge in [0, 0.05) is 18.8 Å². The van der Waals surface area contributed by atoms with Crippen LogP contribution in [0, 0.1) is 24.1 Å². The Bertz CT molecular complexity index is 784. The summed E-state index contributed by atoms with van der Waals surface area (Å²) in [7, 11) is 0. The standard InChI is InChI=1S/C20H19FN2O/c1-15-12-20(23-8-10-24-11-9-23)7-4-17(15)13-18(14-22)16-2-5-19(21)6-3-16/h2-7,12-13H,8-11H2,1H3/b18-13-. The van der Waals surface area contributed by atoms with Crippen LogP contribution in [0.3, 0.4) is 0 Å². The van der Waals surface area contributed by atoms with Crippen molar-refractivity contribution in [2.24, 2.45) is 0 Å². The molecule has 1 saturated heterocycles. The summed E-state index contributed by atoms with van der Waals surface area (Å²) < 4.78 is 18.4. The van der Waals surface area contributed by atoms with E-state index in [1.807, 2.05) is 19.1 Å². The van der Waals surface area contributed by atoms with Gasteiger partial charge in [-0.25, -0.2) is 4.39 Å². The lowest BCUT2D eigenvalue weighted by Gasteiger charge is -2.29. The first-order chi connectivity index (χ1) is 11.7. The van der Waals surface area contributed by atoms with Crippen molar-refractivity contribution >= 4 is 17.3 Å². The zero-order valence-corrected chi connectivity index (χ0v) is 13.6. The molecule has 0 N–H and O–H groups in total. The van der Waals surface area contributed by atoms with Gasteiger partial charge in [-0.2, -0.15) is 5.26 Å². The van der Waals surface area contributed by atoms with Crippen molar-refractivity contribution in [2.45, 2.75) is 6.92 Å². The van der Waals surface area contributed by atoms with Crippen LogP contribution in [0.2, 0.25) is 0 Å². The topological polar surface area (TPSA) is 36.3 Å². The van der Waals surface area contributed by atoms with E-state index in [2.05, 4.69) is 23.1 Å². The molecule has 1 aliphatic rings. The van der Waals surface area contributed by atoms with E-state index >= 15 is 0 Å². The maximum Gasteiger partial charge on any atom is 0.123 e. The molecule has 1 heterocycles. The van der Waals surface area contributed by atoms with E-state index in [1.165, 1.54) is 17.8 Å². The highest BCUT2D eigenvalue weighted by atomic mass is 19.1. The van der Waals surface area contributed by atoms with Crippen LogP contribution in [-0.2, 0) is 4.74 Å². The van der Waals surface area contributed by atoms with E-state index in [1.54, 1.807) is 12.1 Å². The van der Waals surface area contributed by atoms with E-state index in [0.29, 0.717) is 5.57 Å². The van der Waals surface area contributed by atoms with E-state index in [4.69, 9.17) is 4.74 Å². The van der Waals surface area contributed by atoms with Gasteiger partial charge in [0.25, 0.3) is 0 Å². The molecule has 2 aromatic carbocycles. The molecular weight excluding hydrogens is 303 g/mol. The van der Waals surface area contributed by atoms with Crippen molar-refractivity contribution in [3.63, 3.8) is 0 Å². The number of ether oxygens (including phenoxy) is 1. The highest BCUT2D eigenvalue weighted by molar-refractivity contribution is 5.90. The Morgan fingerprint density at radius 3 is 2.50 bits per heavy atom. The minimum atomic E-state index is -0.304. The second kappa shape index (κ2) is 7.29. The van der Waals surface area contributed by atoms with Crippen molar-refractivity contribution < 1.29 is 9.13 Å². The van der Waals surface area contributed by atoms with Crippen molar-refractivity contribution in [2.75, 3.05) is 31.2 Å². The molecule has 0 aliphatic carbocycles. The summed E-state index contributed by atoms with van der Waals surface area (Å²) in [6, 6.07) is 14.4. The monoisotopic (exact) mass is 322 g/mol. The number of morpholine rings is 1. The smallest absolute Gasteiger partial charge is 0.123 e. The second-order valence-electron chi connectivity index (χ2n) is 5.82. The van der Waals surface area contributed by atoms with Gasteiger partial charge in [-0.3, -0.25) is 0 Å². The molecule has 0 amide bonds. The molecular formula is C20H19FN2O. The molecule has 0 bridgehead atoms. The summed E-state index contributed by atoms with van der Waals surface area (Å²) in [5.74, 6) is -0.304. The van der Waals surface area contributed by atoms with Crippen LogP contribution in [0.25, 0.3) is 11.6 Å². The van der Waals surface area contributed by atoms with Gasteiger partial charge < -0.3 is 9.64 Å². The third kappa shape index (κ3) is 3.64. The molecule has 0 radical (unpaired) electrons. The van der Waals surface area contributed by atoms with E-state index in [0.717, 1.165) is 43.0 Å². The summed E-state index contributed by atoms with van der Waals surface area (Å²) >= 11 is 0. The molecule has 0 unspecified atom stereocenters. The van der Waals surface area contributed by atoms with Crippen LogP contribution >= 0.6 is 0 Å². The van der Waals surface area contributed by atoms with Gasteiger partial charge in [-0.05, 0) is 54.0 Å². The van der Waals surface area contributed by atoms with Crippen LogP contribution in [0.1, 0.15) is 16.7 Å². The third-order valence-electron chi connectivity index (χ3n) is 4.21. The normalized spacial score (nSPS) is 15.2. The van der Waals surface area contributed by atoms with E-state index < -0.39 is 0 Å². The molecule has 0 aromatic heterocycles. The predicted molar refractivity (Wildman–Crippen MR) is 94.1 cm³/mol. The number of anilines is 1. The fraction of sp³-hybridized carbons (Fsp3) is 0.250. The number of halogens is 1. The fourth-order valence-electron chi connectivity index (χ4n) is 2.81. The van der Waals surface area contributed by atoms with Gasteiger partial charge in [-0.1, -0.05) is 18.2 Å². The molecule has 0 saturated carbocycles. The van der Waals surface area contributed by atoms with Crippen LogP contribution < -0.4 is 4.90 Å². The van der Waals surface area contributed by atoms with E-state index in [-0.39, 0.29) is 5.82 Å². The van der Waals surface area contributed by atoms with Crippen LogP contribution in [0.4, 0.5) is 10.1 Å². The predicted octanol–water partition coefficient (Wildman–Crippen LogP) is 4.03. The van der Waals surface area contributed by atoms with Gasteiger partial charge in [0.15, 0.2) is 0 Å². The first-order valence-electron chi connectivity index (χ1n) is 7.98. The molecule has 2 aromatic rings. The first kappa shape index (κ1) is 16.2. The quantitative estimate of drug-likeness (QED) is 0.632. The number of benzene rings is 2. The average molecular weight is 322 g/mol. The zero-order chi connectivity index (χ0) is 16.9. The highest BCUT2D eigenvalue weighted by Gasteiger charge is 2.12. The molecule has 0 spiro atoms. The maximum atomic E-state index is 13.1. The molecule has 3 rings (SSSR count).